The molecule has 1 aromatic carbocycles. The zero-order chi connectivity index (χ0) is 18.5. The number of carbonyl (C=O) groups is 2. The molecule has 0 bridgehead atoms. The number of imidazole rings is 1. The van der Waals surface area contributed by atoms with Crippen LogP contribution >= 0.6 is 0 Å². The maximum absolute atomic E-state index is 12.3. The highest BCUT2D eigenvalue weighted by atomic mass is 16.5. The van der Waals surface area contributed by atoms with Crippen LogP contribution in [0.3, 0.4) is 0 Å². The number of pyridine rings is 1. The van der Waals surface area contributed by atoms with Gasteiger partial charge in [-0.05, 0) is 49.2 Å². The molecule has 0 saturated carbocycles. The number of fused-ring (bicyclic) bond motifs is 1. The van der Waals surface area contributed by atoms with Crippen LogP contribution in [0.25, 0.3) is 5.65 Å². The first kappa shape index (κ1) is 17.7. The molecule has 26 heavy (non-hydrogen) atoms. The standard InChI is InChI=1S/C20H21N3O3/c1-3-11-26-20(25)15-6-8-16(9-7-15)21-18(24)12-17-13-23-10-4-5-14(2)19(23)22-17/h4-10,13H,3,11-12H2,1-2H3,(H,21,24). The van der Waals surface area contributed by atoms with E-state index in [1.165, 1.54) is 0 Å². The summed E-state index contributed by atoms with van der Waals surface area (Å²) >= 11 is 0. The van der Waals surface area contributed by atoms with Gasteiger partial charge in [-0.25, -0.2) is 9.78 Å². The number of rotatable bonds is 6. The van der Waals surface area contributed by atoms with E-state index >= 15 is 0 Å². The number of anilines is 1. The topological polar surface area (TPSA) is 72.7 Å². The van der Waals surface area contributed by atoms with Gasteiger partial charge in [0.05, 0.1) is 24.3 Å². The number of amides is 1. The Morgan fingerprint density at radius 1 is 1.19 bits per heavy atom. The highest BCUT2D eigenvalue weighted by Crippen LogP contribution is 2.13. The van der Waals surface area contributed by atoms with Gasteiger partial charge in [-0.15, -0.1) is 0 Å². The summed E-state index contributed by atoms with van der Waals surface area (Å²) in [7, 11) is 0. The highest BCUT2D eigenvalue weighted by molar-refractivity contribution is 5.93. The number of carbonyl (C=O) groups excluding carboxylic acids is 2. The summed E-state index contributed by atoms with van der Waals surface area (Å²) in [6.07, 6.45) is 4.73. The minimum Gasteiger partial charge on any atom is -0.462 e. The number of benzene rings is 1. The highest BCUT2D eigenvalue weighted by Gasteiger charge is 2.10. The third-order valence-electron chi connectivity index (χ3n) is 3.91. The van der Waals surface area contributed by atoms with Crippen molar-refractivity contribution in [2.45, 2.75) is 26.7 Å². The van der Waals surface area contributed by atoms with Gasteiger partial charge >= 0.3 is 5.97 Å². The Hall–Kier alpha value is -3.15. The molecule has 134 valence electrons. The lowest BCUT2D eigenvalue weighted by molar-refractivity contribution is -0.115. The second-order valence-corrected chi connectivity index (χ2v) is 6.09. The molecule has 6 nitrogen and oxygen atoms in total. The van der Waals surface area contributed by atoms with Crippen molar-refractivity contribution in [3.63, 3.8) is 0 Å². The van der Waals surface area contributed by atoms with Crippen LogP contribution in [0.4, 0.5) is 5.69 Å². The number of hydrogen-bond acceptors (Lipinski definition) is 4. The molecule has 0 saturated heterocycles. The summed E-state index contributed by atoms with van der Waals surface area (Å²) in [5.74, 6) is -0.517. The Morgan fingerprint density at radius 3 is 2.65 bits per heavy atom. The van der Waals surface area contributed by atoms with Crippen molar-refractivity contribution in [3.05, 3.63) is 65.6 Å². The molecular formula is C20H21N3O3. The molecule has 2 aromatic heterocycles. The summed E-state index contributed by atoms with van der Waals surface area (Å²) in [6, 6.07) is 10.6. The average molecular weight is 351 g/mol. The Morgan fingerprint density at radius 2 is 1.96 bits per heavy atom. The summed E-state index contributed by atoms with van der Waals surface area (Å²) < 4.78 is 6.99. The van der Waals surface area contributed by atoms with Crippen LogP contribution in [0.1, 0.15) is 35.0 Å². The predicted molar refractivity (Wildman–Crippen MR) is 99.3 cm³/mol. The molecule has 0 aliphatic heterocycles. The van der Waals surface area contributed by atoms with E-state index in [0.717, 1.165) is 17.6 Å². The smallest absolute Gasteiger partial charge is 0.338 e. The fourth-order valence-electron chi connectivity index (χ4n) is 2.63. The van der Waals surface area contributed by atoms with Crippen molar-refractivity contribution in [3.8, 4) is 0 Å². The molecule has 3 aromatic rings. The van der Waals surface area contributed by atoms with E-state index < -0.39 is 0 Å². The number of esters is 1. The van der Waals surface area contributed by atoms with Gasteiger partial charge in [0.2, 0.25) is 5.91 Å². The van der Waals surface area contributed by atoms with E-state index in [9.17, 15) is 9.59 Å². The fraction of sp³-hybridized carbons (Fsp3) is 0.250. The number of nitrogens with zero attached hydrogens (tertiary/aromatic N) is 2. The van der Waals surface area contributed by atoms with Crippen LogP contribution in [0.5, 0.6) is 0 Å². The minimum absolute atomic E-state index is 0.160. The molecule has 0 spiro atoms. The van der Waals surface area contributed by atoms with Gasteiger partial charge in [0, 0.05) is 18.1 Å². The van der Waals surface area contributed by atoms with Crippen molar-refractivity contribution in [2.24, 2.45) is 0 Å². The van der Waals surface area contributed by atoms with Crippen molar-refractivity contribution < 1.29 is 14.3 Å². The molecule has 0 fully saturated rings. The summed E-state index contributed by atoms with van der Waals surface area (Å²) in [5, 5.41) is 2.82. The normalized spacial score (nSPS) is 10.7. The molecule has 6 heteroatoms. The zero-order valence-electron chi connectivity index (χ0n) is 14.9. The van der Waals surface area contributed by atoms with E-state index in [2.05, 4.69) is 10.3 Å². The van der Waals surface area contributed by atoms with E-state index in [0.29, 0.717) is 23.6 Å². The van der Waals surface area contributed by atoms with Gasteiger partial charge in [-0.3, -0.25) is 4.79 Å². The van der Waals surface area contributed by atoms with Crippen LogP contribution < -0.4 is 5.32 Å². The number of ether oxygens (including phenoxy) is 1. The lowest BCUT2D eigenvalue weighted by atomic mass is 10.2. The van der Waals surface area contributed by atoms with Crippen LogP contribution in [0, 0.1) is 6.92 Å². The van der Waals surface area contributed by atoms with E-state index in [1.807, 2.05) is 42.8 Å². The molecule has 0 unspecified atom stereocenters. The monoisotopic (exact) mass is 351 g/mol. The summed E-state index contributed by atoms with van der Waals surface area (Å²) in [4.78, 5) is 28.5. The molecule has 2 heterocycles. The maximum Gasteiger partial charge on any atom is 0.338 e. The first-order valence-electron chi connectivity index (χ1n) is 8.57. The van der Waals surface area contributed by atoms with Crippen LogP contribution in [-0.2, 0) is 16.0 Å². The number of aromatic nitrogens is 2. The number of aryl methyl sites for hydroxylation is 1. The van der Waals surface area contributed by atoms with Gasteiger partial charge in [0.25, 0.3) is 0 Å². The van der Waals surface area contributed by atoms with E-state index in [1.54, 1.807) is 24.3 Å². The second kappa shape index (κ2) is 7.82. The maximum atomic E-state index is 12.3. The molecule has 1 N–H and O–H groups in total. The van der Waals surface area contributed by atoms with Gasteiger partial charge in [-0.1, -0.05) is 13.0 Å². The molecule has 3 rings (SSSR count). The second-order valence-electron chi connectivity index (χ2n) is 6.09. The molecule has 1 amide bonds. The Balaban J connectivity index is 1.62. The van der Waals surface area contributed by atoms with E-state index in [-0.39, 0.29) is 18.3 Å². The average Bonchev–Trinajstić information content (AvgIpc) is 3.04. The largest absolute Gasteiger partial charge is 0.462 e. The lowest BCUT2D eigenvalue weighted by Gasteiger charge is -2.06. The summed E-state index contributed by atoms with van der Waals surface area (Å²) in [5.41, 5.74) is 3.71. The van der Waals surface area contributed by atoms with Crippen LogP contribution in [0.15, 0.2) is 48.8 Å². The Labute approximate surface area is 151 Å². The quantitative estimate of drug-likeness (QED) is 0.691. The van der Waals surface area contributed by atoms with Crippen molar-refractivity contribution in [2.75, 3.05) is 11.9 Å². The first-order chi connectivity index (χ1) is 12.6. The molecule has 0 aliphatic rings. The third-order valence-corrected chi connectivity index (χ3v) is 3.91. The summed E-state index contributed by atoms with van der Waals surface area (Å²) in [6.45, 7) is 4.32. The van der Waals surface area contributed by atoms with Gasteiger partial charge in [0.15, 0.2) is 0 Å². The first-order valence-corrected chi connectivity index (χ1v) is 8.57. The van der Waals surface area contributed by atoms with Crippen molar-refractivity contribution >= 4 is 23.2 Å². The SMILES string of the molecule is CCCOC(=O)c1ccc(NC(=O)Cc2cn3cccc(C)c3n2)cc1. The van der Waals surface area contributed by atoms with Gasteiger partial charge < -0.3 is 14.5 Å². The van der Waals surface area contributed by atoms with Crippen molar-refractivity contribution in [1.29, 1.82) is 0 Å². The zero-order valence-corrected chi connectivity index (χ0v) is 14.9. The van der Waals surface area contributed by atoms with Gasteiger partial charge in [-0.2, -0.15) is 0 Å². The van der Waals surface area contributed by atoms with Crippen LogP contribution in [-0.4, -0.2) is 27.9 Å². The Bertz CT molecular complexity index is 929. The van der Waals surface area contributed by atoms with E-state index in [4.69, 9.17) is 4.74 Å². The van der Waals surface area contributed by atoms with Gasteiger partial charge in [0.1, 0.15) is 5.65 Å². The number of nitrogens with one attached hydrogen (secondary N) is 1. The van der Waals surface area contributed by atoms with Crippen molar-refractivity contribution in [1.82, 2.24) is 9.38 Å². The molecular weight excluding hydrogens is 330 g/mol. The Kier molecular flexibility index (Phi) is 5.31. The molecule has 0 radical (unpaired) electrons. The lowest BCUT2D eigenvalue weighted by Crippen LogP contribution is -2.14. The predicted octanol–water partition coefficient (Wildman–Crippen LogP) is 3.39. The molecule has 0 atom stereocenters. The number of hydrogen-bond donors (Lipinski definition) is 1. The molecule has 0 aliphatic carbocycles. The minimum atomic E-state index is -0.357. The van der Waals surface area contributed by atoms with Crippen LogP contribution in [0.2, 0.25) is 0 Å². The fourth-order valence-corrected chi connectivity index (χ4v) is 2.63. The third kappa shape index (κ3) is 4.08.